The molecular formula is C57H66FN3O11S. The van der Waals surface area contributed by atoms with Crippen LogP contribution < -0.4 is 19.5 Å². The van der Waals surface area contributed by atoms with Crippen LogP contribution in [0, 0.1) is 11.7 Å². The zero-order valence-corrected chi connectivity index (χ0v) is 42.4. The van der Waals surface area contributed by atoms with Crippen molar-refractivity contribution in [2.75, 3.05) is 25.1 Å². The Morgan fingerprint density at radius 3 is 2.11 bits per heavy atom. The van der Waals surface area contributed by atoms with E-state index in [1.807, 2.05) is 23.2 Å². The van der Waals surface area contributed by atoms with E-state index in [1.54, 1.807) is 42.2 Å². The molecule has 388 valence electrons. The van der Waals surface area contributed by atoms with E-state index in [9.17, 15) is 24.0 Å². The van der Waals surface area contributed by atoms with Gasteiger partial charge in [0.15, 0.2) is 5.50 Å². The predicted octanol–water partition coefficient (Wildman–Crippen LogP) is 12.2. The Labute approximate surface area is 431 Å². The van der Waals surface area contributed by atoms with Gasteiger partial charge in [0.25, 0.3) is 0 Å². The summed E-state index contributed by atoms with van der Waals surface area (Å²) in [5, 5.41) is 10.4. The van der Waals surface area contributed by atoms with E-state index < -0.39 is 41.6 Å². The van der Waals surface area contributed by atoms with Gasteiger partial charge in [0.1, 0.15) is 35.3 Å². The number of rotatable bonds is 25. The Hall–Kier alpha value is -6.68. The number of hydrogen-bond donors (Lipinski definition) is 1. The van der Waals surface area contributed by atoms with Crippen LogP contribution in [0.1, 0.15) is 153 Å². The van der Waals surface area contributed by atoms with Gasteiger partial charge in [-0.25, -0.2) is 23.6 Å². The number of hydrazone groups is 1. The Balaban J connectivity index is 0.905. The van der Waals surface area contributed by atoms with Crippen molar-refractivity contribution in [1.82, 2.24) is 5.01 Å². The molecule has 0 radical (unpaired) electrons. The number of carbonyl (C=O) groups is 5. The molecule has 0 aromatic heterocycles. The molecule has 0 saturated heterocycles. The maximum Gasteiger partial charge on any atom is 0.346 e. The average molecular weight is 1020 g/mol. The quantitative estimate of drug-likeness (QED) is 0.0127. The van der Waals surface area contributed by atoms with Crippen molar-refractivity contribution in [2.45, 2.75) is 139 Å². The molecule has 0 bridgehead atoms. The van der Waals surface area contributed by atoms with E-state index >= 15 is 4.39 Å². The first-order chi connectivity index (χ1) is 35.6. The summed E-state index contributed by atoms with van der Waals surface area (Å²) in [5.74, 6) is -3.73. The summed E-state index contributed by atoms with van der Waals surface area (Å²) < 4.78 is 49.3. The van der Waals surface area contributed by atoms with Gasteiger partial charge in [0.2, 0.25) is 0 Å². The zero-order valence-electron chi connectivity index (χ0n) is 41.6. The van der Waals surface area contributed by atoms with Crippen molar-refractivity contribution < 1.29 is 56.8 Å². The highest BCUT2D eigenvalue weighted by Crippen LogP contribution is 2.40. The number of para-hydroxylation sites is 1. The van der Waals surface area contributed by atoms with E-state index in [0.29, 0.717) is 62.3 Å². The highest BCUT2D eigenvalue weighted by atomic mass is 32.2. The summed E-state index contributed by atoms with van der Waals surface area (Å²) in [5.41, 5.74) is 1.47. The lowest BCUT2D eigenvalue weighted by molar-refractivity contribution is -0.141. The lowest BCUT2D eigenvalue weighted by Crippen LogP contribution is -2.33. The van der Waals surface area contributed by atoms with Crippen LogP contribution in [0.4, 0.5) is 10.1 Å². The summed E-state index contributed by atoms with van der Waals surface area (Å²) >= 11 is 1.66. The molecule has 3 aliphatic rings. The molecule has 2 saturated carbocycles. The maximum absolute atomic E-state index is 15.6. The van der Waals surface area contributed by atoms with Crippen LogP contribution >= 0.6 is 11.8 Å². The number of carbonyl (C=O) groups excluding carboxylic acids is 5. The minimum Gasteiger partial charge on any atom is -0.494 e. The second kappa shape index (κ2) is 28.0. The number of thioether (sulfide) groups is 1. The Morgan fingerprint density at radius 2 is 1.38 bits per heavy atom. The van der Waals surface area contributed by atoms with Crippen molar-refractivity contribution in [3.63, 3.8) is 0 Å². The molecule has 1 unspecified atom stereocenters. The molecule has 2 fully saturated rings. The molecule has 1 heterocycles. The fourth-order valence-electron chi connectivity index (χ4n) is 8.86. The van der Waals surface area contributed by atoms with Gasteiger partial charge in [-0.1, -0.05) is 63.1 Å². The number of nitrogens with one attached hydrogen (secondary N) is 1. The number of ether oxygens (including phenoxy) is 6. The van der Waals surface area contributed by atoms with Gasteiger partial charge < -0.3 is 33.7 Å². The van der Waals surface area contributed by atoms with Crippen molar-refractivity contribution in [1.29, 1.82) is 0 Å². The van der Waals surface area contributed by atoms with E-state index in [-0.39, 0.29) is 40.3 Å². The molecule has 16 heteroatoms. The number of unbranched alkanes of at least 4 members (excludes halogenated alkanes) is 6. The molecular weight excluding hydrogens is 954 g/mol. The smallest absolute Gasteiger partial charge is 0.346 e. The molecule has 0 spiro atoms. The maximum atomic E-state index is 15.6. The van der Waals surface area contributed by atoms with Crippen LogP contribution in [-0.2, 0) is 23.8 Å². The van der Waals surface area contributed by atoms with Crippen LogP contribution in [0.25, 0.3) is 0 Å². The number of anilines is 1. The highest BCUT2D eigenvalue weighted by Gasteiger charge is 2.31. The van der Waals surface area contributed by atoms with E-state index in [1.165, 1.54) is 30.3 Å². The number of nitrogens with zero attached hydrogens (tertiary/aromatic N) is 2. The second-order valence-electron chi connectivity index (χ2n) is 18.5. The SMILES string of the molecule is C=CC(=O)OCCCCCCOc1ccc(C(=O)OC2CCC(C(=O)Oc3ccc(C(=O)Oc4ccc(C(=O)OC5CCCCC5)c(/C=N/N(CCCCCC)C5Nc6ccccc6S5)c4)c(F)c3)CC2)cc1. The highest BCUT2D eigenvalue weighted by molar-refractivity contribution is 8.00. The van der Waals surface area contributed by atoms with E-state index in [2.05, 4.69) is 24.9 Å². The first-order valence-corrected chi connectivity index (χ1v) is 26.6. The zero-order chi connectivity index (χ0) is 51.4. The second-order valence-corrected chi connectivity index (χ2v) is 19.6. The van der Waals surface area contributed by atoms with Crippen LogP contribution in [0.5, 0.6) is 17.2 Å². The molecule has 0 amide bonds. The molecule has 2 aliphatic carbocycles. The Kier molecular flexibility index (Phi) is 20.7. The minimum atomic E-state index is -0.986. The lowest BCUT2D eigenvalue weighted by Gasteiger charge is -2.27. The van der Waals surface area contributed by atoms with Crippen LogP contribution in [0.3, 0.4) is 0 Å². The van der Waals surface area contributed by atoms with Crippen molar-refractivity contribution in [3.05, 3.63) is 126 Å². The van der Waals surface area contributed by atoms with Gasteiger partial charge in [0.05, 0.1) is 47.7 Å². The van der Waals surface area contributed by atoms with Gasteiger partial charge in [0, 0.05) is 29.1 Å². The van der Waals surface area contributed by atoms with Crippen molar-refractivity contribution in [3.8, 4) is 17.2 Å². The molecule has 4 aromatic carbocycles. The number of halogens is 1. The molecule has 4 aromatic rings. The van der Waals surface area contributed by atoms with Gasteiger partial charge in [-0.15, -0.1) is 0 Å². The van der Waals surface area contributed by atoms with Crippen molar-refractivity contribution >= 4 is 53.5 Å². The molecule has 1 atom stereocenters. The van der Waals surface area contributed by atoms with Crippen molar-refractivity contribution in [2.24, 2.45) is 11.0 Å². The third-order valence-corrected chi connectivity index (χ3v) is 14.2. The average Bonchev–Trinajstić information content (AvgIpc) is 3.84. The largest absolute Gasteiger partial charge is 0.494 e. The number of benzene rings is 4. The monoisotopic (exact) mass is 1020 g/mol. The fraction of sp³-hybridized carbons (Fsp3) is 0.439. The van der Waals surface area contributed by atoms with Crippen LogP contribution in [0.15, 0.2) is 108 Å². The van der Waals surface area contributed by atoms with Gasteiger partial charge >= 0.3 is 29.8 Å². The third kappa shape index (κ3) is 16.4. The minimum absolute atomic E-state index is 0.0670. The van der Waals surface area contributed by atoms with Gasteiger partial charge in [-0.05, 0) is 150 Å². The Morgan fingerprint density at radius 1 is 0.712 bits per heavy atom. The van der Waals surface area contributed by atoms with Gasteiger partial charge in [-0.2, -0.15) is 5.10 Å². The summed E-state index contributed by atoms with van der Waals surface area (Å²) in [6.45, 7) is 7.08. The molecule has 73 heavy (non-hydrogen) atoms. The molecule has 7 rings (SSSR count). The summed E-state index contributed by atoms with van der Waals surface area (Å²) in [6, 6.07) is 22.8. The first kappa shape index (κ1) is 54.1. The number of esters is 5. The number of hydrogen-bond acceptors (Lipinski definition) is 15. The van der Waals surface area contributed by atoms with Gasteiger partial charge in [-0.3, -0.25) is 9.80 Å². The summed E-state index contributed by atoms with van der Waals surface area (Å²) in [4.78, 5) is 65.5. The molecule has 14 nitrogen and oxygen atoms in total. The summed E-state index contributed by atoms with van der Waals surface area (Å²) in [6.07, 6.45) is 16.1. The lowest BCUT2D eigenvalue weighted by atomic mass is 9.87. The molecule has 1 N–H and O–H groups in total. The third-order valence-electron chi connectivity index (χ3n) is 13.0. The van der Waals surface area contributed by atoms with E-state index in [4.69, 9.17) is 33.5 Å². The standard InChI is InChI=1S/C57H66FN3O11S/c1-3-5-6-14-33-61(57-60-50-19-12-13-20-51(50)73-57)59-38-41-36-45(29-31-47(41)55(65)70-43-17-10-9-11-18-43)72-56(66)48-32-30-46(37-49(48)58)71-54(64)40-23-27-44(28-24-40)69-53(63)39-21-25-42(26-22-39)67-34-15-7-8-16-35-68-52(62)4-2/h4,12-13,19-22,25-26,29-32,36-38,40,43-44,57,60H,2-3,5-11,14-18,23-24,27-28,33-35H2,1H3/b59-38+. The van der Waals surface area contributed by atoms with Crippen LogP contribution in [0.2, 0.25) is 0 Å². The molecule has 1 aliphatic heterocycles. The Bertz CT molecular complexity index is 2520. The predicted molar refractivity (Wildman–Crippen MR) is 277 cm³/mol. The summed E-state index contributed by atoms with van der Waals surface area (Å²) in [7, 11) is 0. The normalized spacial score (nSPS) is 17.4. The fourth-order valence-corrected chi connectivity index (χ4v) is 9.98. The van der Waals surface area contributed by atoms with Crippen LogP contribution in [-0.4, -0.2) is 78.5 Å². The number of fused-ring (bicyclic) bond motifs is 1. The topological polar surface area (TPSA) is 168 Å². The van der Waals surface area contributed by atoms with E-state index in [0.717, 1.165) is 106 Å². The first-order valence-electron chi connectivity index (χ1n) is 25.7.